The van der Waals surface area contributed by atoms with Gasteiger partial charge in [-0.3, -0.25) is 24.7 Å². The number of hydrogen-bond acceptors (Lipinski definition) is 6. The van der Waals surface area contributed by atoms with Gasteiger partial charge in [-0.25, -0.2) is 13.2 Å². The largest absolute Gasteiger partial charge is 0.452 e. The van der Waals surface area contributed by atoms with Crippen molar-refractivity contribution in [1.29, 1.82) is 0 Å². The maximum Gasteiger partial charge on any atom is 0.338 e. The SMILES string of the molecule is O=C(COC(=O)c1ccc(S(=O)(=O)N2CCCc3ccccc32)cc1)NNC(=O)c1ccccc1. The molecular weight excluding hydrogens is 470 g/mol. The van der Waals surface area contributed by atoms with Crippen LogP contribution in [0.25, 0.3) is 0 Å². The average molecular weight is 494 g/mol. The second-order valence-electron chi connectivity index (χ2n) is 7.78. The molecule has 0 aromatic heterocycles. The Morgan fingerprint density at radius 2 is 1.51 bits per heavy atom. The second kappa shape index (κ2) is 10.4. The van der Waals surface area contributed by atoms with Gasteiger partial charge in [0.05, 0.1) is 16.1 Å². The van der Waals surface area contributed by atoms with Crippen molar-refractivity contribution in [3.05, 3.63) is 95.6 Å². The van der Waals surface area contributed by atoms with Crippen molar-refractivity contribution in [1.82, 2.24) is 10.9 Å². The van der Waals surface area contributed by atoms with Gasteiger partial charge in [-0.15, -0.1) is 0 Å². The number of anilines is 1. The quantitative estimate of drug-likeness (QED) is 0.402. The van der Waals surface area contributed by atoms with Crippen LogP contribution in [0.4, 0.5) is 5.69 Å². The fraction of sp³-hybridized carbons (Fsp3) is 0.160. The molecule has 2 amide bonds. The Bertz CT molecular complexity index is 1340. The minimum absolute atomic E-state index is 0.0483. The zero-order valence-electron chi connectivity index (χ0n) is 18.6. The second-order valence-corrected chi connectivity index (χ2v) is 9.64. The molecule has 0 saturated heterocycles. The van der Waals surface area contributed by atoms with Gasteiger partial charge in [0.15, 0.2) is 6.61 Å². The summed E-state index contributed by atoms with van der Waals surface area (Å²) in [6, 6.07) is 21.0. The Labute approximate surface area is 202 Å². The molecule has 1 heterocycles. The molecule has 1 aliphatic rings. The van der Waals surface area contributed by atoms with Crippen LogP contribution in [0.2, 0.25) is 0 Å². The molecule has 3 aromatic carbocycles. The van der Waals surface area contributed by atoms with Gasteiger partial charge in [0, 0.05) is 12.1 Å². The summed E-state index contributed by atoms with van der Waals surface area (Å²) >= 11 is 0. The van der Waals surface area contributed by atoms with Crippen molar-refractivity contribution in [2.45, 2.75) is 17.7 Å². The van der Waals surface area contributed by atoms with E-state index in [-0.39, 0.29) is 10.5 Å². The first-order chi connectivity index (χ1) is 16.9. The number of hydrazine groups is 1. The lowest BCUT2D eigenvalue weighted by Gasteiger charge is -2.30. The molecule has 9 nitrogen and oxygen atoms in total. The number of rotatable bonds is 6. The van der Waals surface area contributed by atoms with Gasteiger partial charge in [-0.2, -0.15) is 0 Å². The highest BCUT2D eigenvalue weighted by Gasteiger charge is 2.29. The van der Waals surface area contributed by atoms with Gasteiger partial charge in [-0.1, -0.05) is 36.4 Å². The van der Waals surface area contributed by atoms with Gasteiger partial charge in [-0.05, 0) is 60.9 Å². The highest BCUT2D eigenvalue weighted by molar-refractivity contribution is 7.92. The van der Waals surface area contributed by atoms with Crippen LogP contribution in [0.1, 0.15) is 32.7 Å². The van der Waals surface area contributed by atoms with E-state index < -0.39 is 34.4 Å². The fourth-order valence-corrected chi connectivity index (χ4v) is 5.22. The zero-order valence-corrected chi connectivity index (χ0v) is 19.5. The lowest BCUT2D eigenvalue weighted by Crippen LogP contribution is -2.43. The highest BCUT2D eigenvalue weighted by atomic mass is 32.2. The molecule has 10 heteroatoms. The maximum absolute atomic E-state index is 13.2. The van der Waals surface area contributed by atoms with Crippen LogP contribution in [-0.2, 0) is 26.0 Å². The molecule has 0 spiro atoms. The predicted molar refractivity (Wildman–Crippen MR) is 128 cm³/mol. The molecule has 0 radical (unpaired) electrons. The summed E-state index contributed by atoms with van der Waals surface area (Å²) in [4.78, 5) is 36.1. The number of ether oxygens (including phenoxy) is 1. The van der Waals surface area contributed by atoms with E-state index in [2.05, 4.69) is 10.9 Å². The van der Waals surface area contributed by atoms with Crippen LogP contribution in [0, 0.1) is 0 Å². The molecule has 0 fully saturated rings. The third kappa shape index (κ3) is 5.49. The first kappa shape index (κ1) is 24.0. The van der Waals surface area contributed by atoms with E-state index in [1.54, 1.807) is 42.5 Å². The van der Waals surface area contributed by atoms with Crippen molar-refractivity contribution in [2.75, 3.05) is 17.5 Å². The van der Waals surface area contributed by atoms with E-state index in [1.165, 1.54) is 28.6 Å². The topological polar surface area (TPSA) is 122 Å². The first-order valence-electron chi connectivity index (χ1n) is 10.9. The molecule has 0 bridgehead atoms. The smallest absolute Gasteiger partial charge is 0.338 e. The Hall–Kier alpha value is -4.18. The molecular formula is C25H23N3O6S. The van der Waals surface area contributed by atoms with Crippen LogP contribution < -0.4 is 15.2 Å². The minimum Gasteiger partial charge on any atom is -0.452 e. The van der Waals surface area contributed by atoms with Crippen molar-refractivity contribution >= 4 is 33.5 Å². The number of carbonyl (C=O) groups excluding carboxylic acids is 3. The Morgan fingerprint density at radius 3 is 2.26 bits per heavy atom. The first-order valence-corrected chi connectivity index (χ1v) is 12.3. The standard InChI is InChI=1S/C25H23N3O6S/c29-23(26-27-24(30)19-8-2-1-3-9-19)17-34-25(31)20-12-14-21(15-13-20)35(32,33)28-16-6-10-18-7-4-5-11-22(18)28/h1-5,7-9,11-15H,6,10,16-17H2,(H,26,29)(H,27,30). The van der Waals surface area contributed by atoms with Gasteiger partial charge < -0.3 is 4.74 Å². The van der Waals surface area contributed by atoms with Crippen LogP contribution in [0.5, 0.6) is 0 Å². The molecule has 180 valence electrons. The predicted octanol–water partition coefficient (Wildman–Crippen LogP) is 2.45. The number of carbonyl (C=O) groups is 3. The fourth-order valence-electron chi connectivity index (χ4n) is 3.68. The van der Waals surface area contributed by atoms with E-state index in [0.29, 0.717) is 24.2 Å². The number of benzene rings is 3. The Morgan fingerprint density at radius 1 is 0.829 bits per heavy atom. The number of fused-ring (bicyclic) bond motifs is 1. The summed E-state index contributed by atoms with van der Waals surface area (Å²) in [6.07, 6.45) is 1.53. The molecule has 35 heavy (non-hydrogen) atoms. The normalized spacial score (nSPS) is 12.9. The molecule has 0 unspecified atom stereocenters. The molecule has 0 atom stereocenters. The number of amides is 2. The number of nitrogens with zero attached hydrogens (tertiary/aromatic N) is 1. The number of esters is 1. The van der Waals surface area contributed by atoms with Crippen molar-refractivity contribution < 1.29 is 27.5 Å². The summed E-state index contributed by atoms with van der Waals surface area (Å²) < 4.78 is 32.7. The van der Waals surface area contributed by atoms with Crippen molar-refractivity contribution in [2.24, 2.45) is 0 Å². The van der Waals surface area contributed by atoms with E-state index in [4.69, 9.17) is 4.74 Å². The number of nitrogens with one attached hydrogen (secondary N) is 2. The molecule has 3 aromatic rings. The average Bonchev–Trinajstić information content (AvgIpc) is 2.90. The molecule has 2 N–H and O–H groups in total. The van der Waals surface area contributed by atoms with Gasteiger partial charge in [0.25, 0.3) is 21.8 Å². The number of para-hydroxylation sites is 1. The van der Waals surface area contributed by atoms with Crippen LogP contribution in [-0.4, -0.2) is 39.4 Å². The van der Waals surface area contributed by atoms with E-state index in [0.717, 1.165) is 12.0 Å². The van der Waals surface area contributed by atoms with E-state index in [1.807, 2.05) is 12.1 Å². The monoisotopic (exact) mass is 493 g/mol. The third-order valence-electron chi connectivity index (χ3n) is 5.43. The lowest BCUT2D eigenvalue weighted by atomic mass is 10.0. The summed E-state index contributed by atoms with van der Waals surface area (Å²) in [5.41, 5.74) is 6.46. The Balaban J connectivity index is 1.33. The summed E-state index contributed by atoms with van der Waals surface area (Å²) in [5, 5.41) is 0. The molecule has 0 saturated carbocycles. The molecule has 0 aliphatic carbocycles. The van der Waals surface area contributed by atoms with Gasteiger partial charge >= 0.3 is 5.97 Å². The highest BCUT2D eigenvalue weighted by Crippen LogP contribution is 2.31. The number of hydrogen-bond donors (Lipinski definition) is 2. The van der Waals surface area contributed by atoms with Crippen LogP contribution in [0.3, 0.4) is 0 Å². The lowest BCUT2D eigenvalue weighted by molar-refractivity contribution is -0.125. The summed E-state index contributed by atoms with van der Waals surface area (Å²) in [7, 11) is -3.81. The van der Waals surface area contributed by atoms with Crippen LogP contribution in [0.15, 0.2) is 83.8 Å². The molecule has 4 rings (SSSR count). The number of aryl methyl sites for hydroxylation is 1. The van der Waals surface area contributed by atoms with Gasteiger partial charge in [0.1, 0.15) is 0 Å². The van der Waals surface area contributed by atoms with Crippen LogP contribution >= 0.6 is 0 Å². The third-order valence-corrected chi connectivity index (χ3v) is 7.26. The van der Waals surface area contributed by atoms with Crippen molar-refractivity contribution in [3.63, 3.8) is 0 Å². The minimum atomic E-state index is -3.81. The molecule has 1 aliphatic heterocycles. The van der Waals surface area contributed by atoms with Gasteiger partial charge in [0.2, 0.25) is 0 Å². The number of sulfonamides is 1. The summed E-state index contributed by atoms with van der Waals surface area (Å²) in [6.45, 7) is -0.252. The van der Waals surface area contributed by atoms with Crippen molar-refractivity contribution in [3.8, 4) is 0 Å². The maximum atomic E-state index is 13.2. The summed E-state index contributed by atoms with van der Waals surface area (Å²) in [5.74, 6) is -2.05. The van der Waals surface area contributed by atoms with E-state index in [9.17, 15) is 22.8 Å². The Kier molecular flexibility index (Phi) is 7.11. The zero-order chi connectivity index (χ0) is 24.8. The van der Waals surface area contributed by atoms with E-state index >= 15 is 0 Å².